The molecule has 126 valence electrons. The summed E-state index contributed by atoms with van der Waals surface area (Å²) in [5, 5.41) is 20.2. The first-order chi connectivity index (χ1) is 10.8. The highest BCUT2D eigenvalue weighted by Gasteiger charge is 2.44. The molecule has 0 amide bonds. The van der Waals surface area contributed by atoms with E-state index in [2.05, 4.69) is 19.7 Å². The second-order valence-electron chi connectivity index (χ2n) is 5.25. The van der Waals surface area contributed by atoms with Crippen molar-refractivity contribution in [3.8, 4) is 0 Å². The van der Waals surface area contributed by atoms with E-state index in [-0.39, 0.29) is 12.4 Å². The zero-order valence-corrected chi connectivity index (χ0v) is 12.9. The molecule has 23 heavy (non-hydrogen) atoms. The molecule has 0 bridgehead atoms. The SMILES string of the molecule is CS(=O)(=O)NC[C@H]1O[C@@H](n2cnc3c(N)ncnc32)[C@H](O)[C@@H]1O. The van der Waals surface area contributed by atoms with Crippen LogP contribution in [0.2, 0.25) is 0 Å². The summed E-state index contributed by atoms with van der Waals surface area (Å²) < 4.78 is 31.5. The smallest absolute Gasteiger partial charge is 0.208 e. The van der Waals surface area contributed by atoms with E-state index in [1.165, 1.54) is 17.2 Å². The Morgan fingerprint density at radius 3 is 2.78 bits per heavy atom. The van der Waals surface area contributed by atoms with E-state index in [1.54, 1.807) is 0 Å². The summed E-state index contributed by atoms with van der Waals surface area (Å²) in [6.07, 6.45) is -0.845. The van der Waals surface area contributed by atoms with Crippen molar-refractivity contribution in [2.24, 2.45) is 0 Å². The van der Waals surface area contributed by atoms with Gasteiger partial charge in [-0.25, -0.2) is 28.1 Å². The minimum atomic E-state index is -3.44. The molecule has 0 saturated carbocycles. The number of hydrogen-bond acceptors (Lipinski definition) is 9. The summed E-state index contributed by atoms with van der Waals surface area (Å²) in [5.41, 5.74) is 6.38. The molecule has 0 spiro atoms. The second kappa shape index (κ2) is 5.65. The van der Waals surface area contributed by atoms with Crippen molar-refractivity contribution >= 4 is 27.0 Å². The Morgan fingerprint density at radius 2 is 2.09 bits per heavy atom. The van der Waals surface area contributed by atoms with E-state index in [1.807, 2.05) is 0 Å². The van der Waals surface area contributed by atoms with Gasteiger partial charge in [0.25, 0.3) is 0 Å². The lowest BCUT2D eigenvalue weighted by molar-refractivity contribution is -0.0330. The largest absolute Gasteiger partial charge is 0.387 e. The van der Waals surface area contributed by atoms with E-state index in [0.717, 1.165) is 6.26 Å². The number of rotatable bonds is 4. The van der Waals surface area contributed by atoms with Crippen LogP contribution in [0.15, 0.2) is 12.7 Å². The quantitative estimate of drug-likeness (QED) is 0.472. The summed E-state index contributed by atoms with van der Waals surface area (Å²) in [5.74, 6) is 0.178. The zero-order valence-electron chi connectivity index (χ0n) is 12.1. The number of aliphatic hydroxyl groups excluding tert-OH is 2. The fourth-order valence-corrected chi connectivity index (χ4v) is 2.88. The molecule has 12 heteroatoms. The first-order valence-corrected chi connectivity index (χ1v) is 8.56. The van der Waals surface area contributed by atoms with Crippen molar-refractivity contribution in [3.63, 3.8) is 0 Å². The standard InChI is InChI=1S/C11H16N6O5S/c1-23(20,21)16-2-5-7(18)8(19)11(22-5)17-4-15-6-9(12)13-3-14-10(6)17/h3-5,7-8,11,16,18-19H,2H2,1H3,(H2,12,13,14)/t5-,7-,8-,11-/m1/s1. The van der Waals surface area contributed by atoms with Crippen LogP contribution in [0.1, 0.15) is 6.23 Å². The maximum absolute atomic E-state index is 11.1. The Balaban J connectivity index is 1.86. The Morgan fingerprint density at radius 1 is 1.35 bits per heavy atom. The Labute approximate surface area is 131 Å². The highest BCUT2D eigenvalue weighted by atomic mass is 32.2. The lowest BCUT2D eigenvalue weighted by atomic mass is 10.1. The van der Waals surface area contributed by atoms with Gasteiger partial charge in [-0.2, -0.15) is 0 Å². The van der Waals surface area contributed by atoms with Crippen molar-refractivity contribution in [1.29, 1.82) is 0 Å². The highest BCUT2D eigenvalue weighted by Crippen LogP contribution is 2.31. The number of imidazole rings is 1. The van der Waals surface area contributed by atoms with Gasteiger partial charge in [-0.3, -0.25) is 4.57 Å². The molecule has 0 radical (unpaired) electrons. The lowest BCUT2D eigenvalue weighted by Gasteiger charge is -2.16. The first kappa shape index (κ1) is 16.0. The predicted molar refractivity (Wildman–Crippen MR) is 78.5 cm³/mol. The minimum Gasteiger partial charge on any atom is -0.387 e. The van der Waals surface area contributed by atoms with E-state index in [9.17, 15) is 18.6 Å². The molecule has 1 aliphatic heterocycles. The number of ether oxygens (including phenoxy) is 1. The molecule has 11 nitrogen and oxygen atoms in total. The molecule has 0 aliphatic carbocycles. The van der Waals surface area contributed by atoms with E-state index in [4.69, 9.17) is 10.5 Å². The topological polar surface area (TPSA) is 165 Å². The molecule has 5 N–H and O–H groups in total. The number of hydrogen-bond donors (Lipinski definition) is 4. The number of nitrogen functional groups attached to an aromatic ring is 1. The number of aromatic nitrogens is 4. The van der Waals surface area contributed by atoms with Crippen LogP contribution in [0.4, 0.5) is 5.82 Å². The molecule has 2 aromatic rings. The molecular weight excluding hydrogens is 328 g/mol. The number of nitrogens with one attached hydrogen (secondary N) is 1. The average molecular weight is 344 g/mol. The van der Waals surface area contributed by atoms with Gasteiger partial charge in [-0.15, -0.1) is 0 Å². The van der Waals surface area contributed by atoms with Crippen LogP contribution in [0.3, 0.4) is 0 Å². The van der Waals surface area contributed by atoms with Gasteiger partial charge in [-0.1, -0.05) is 0 Å². The number of aliphatic hydroxyl groups is 2. The van der Waals surface area contributed by atoms with Crippen molar-refractivity contribution in [2.75, 3.05) is 18.5 Å². The molecule has 3 rings (SSSR count). The summed E-state index contributed by atoms with van der Waals surface area (Å²) in [7, 11) is -3.44. The van der Waals surface area contributed by atoms with E-state index in [0.29, 0.717) is 11.2 Å². The van der Waals surface area contributed by atoms with Crippen molar-refractivity contribution in [1.82, 2.24) is 24.2 Å². The van der Waals surface area contributed by atoms with Gasteiger partial charge in [0, 0.05) is 6.54 Å². The molecule has 1 saturated heterocycles. The Bertz CT molecular complexity index is 823. The molecule has 1 aliphatic rings. The second-order valence-corrected chi connectivity index (χ2v) is 7.08. The third kappa shape index (κ3) is 2.98. The third-order valence-corrected chi connectivity index (χ3v) is 4.24. The van der Waals surface area contributed by atoms with Crippen LogP contribution in [0.5, 0.6) is 0 Å². The molecule has 0 unspecified atom stereocenters. The highest BCUT2D eigenvalue weighted by molar-refractivity contribution is 7.88. The average Bonchev–Trinajstić information content (AvgIpc) is 3.01. The van der Waals surface area contributed by atoms with Gasteiger partial charge < -0.3 is 20.7 Å². The van der Waals surface area contributed by atoms with E-state index >= 15 is 0 Å². The summed E-state index contributed by atoms with van der Waals surface area (Å²) in [6, 6.07) is 0. The number of nitrogens with two attached hydrogens (primary N) is 1. The number of sulfonamides is 1. The van der Waals surface area contributed by atoms with E-state index < -0.39 is 34.6 Å². The van der Waals surface area contributed by atoms with Crippen molar-refractivity contribution in [3.05, 3.63) is 12.7 Å². The molecular formula is C11H16N6O5S. The van der Waals surface area contributed by atoms with Gasteiger partial charge >= 0.3 is 0 Å². The van der Waals surface area contributed by atoms with Gasteiger partial charge in [0.05, 0.1) is 12.6 Å². The monoisotopic (exact) mass is 344 g/mol. The van der Waals surface area contributed by atoms with Gasteiger partial charge in [0.2, 0.25) is 10.0 Å². The predicted octanol–water partition coefficient (Wildman–Crippen LogP) is -2.42. The van der Waals surface area contributed by atoms with Crippen LogP contribution >= 0.6 is 0 Å². The fourth-order valence-electron chi connectivity index (χ4n) is 2.42. The lowest BCUT2D eigenvalue weighted by Crippen LogP contribution is -2.39. The number of anilines is 1. The molecule has 1 fully saturated rings. The number of fused-ring (bicyclic) bond motifs is 1. The molecule has 2 aromatic heterocycles. The Hall–Kier alpha value is -1.86. The van der Waals surface area contributed by atoms with Crippen LogP contribution in [0.25, 0.3) is 11.2 Å². The summed E-state index contributed by atoms with van der Waals surface area (Å²) in [4.78, 5) is 11.9. The molecule has 3 heterocycles. The first-order valence-electron chi connectivity index (χ1n) is 6.67. The van der Waals surface area contributed by atoms with Crippen molar-refractivity contribution < 1.29 is 23.4 Å². The third-order valence-electron chi connectivity index (χ3n) is 3.55. The van der Waals surface area contributed by atoms with Gasteiger partial charge in [0.1, 0.15) is 30.2 Å². The van der Waals surface area contributed by atoms with Gasteiger partial charge in [-0.05, 0) is 0 Å². The van der Waals surface area contributed by atoms with Crippen LogP contribution in [0, 0.1) is 0 Å². The van der Waals surface area contributed by atoms with Crippen molar-refractivity contribution in [2.45, 2.75) is 24.5 Å². The maximum atomic E-state index is 11.1. The van der Waals surface area contributed by atoms with Crippen LogP contribution in [-0.4, -0.2) is 69.3 Å². The number of nitrogens with zero attached hydrogens (tertiary/aromatic N) is 4. The molecule has 4 atom stereocenters. The Kier molecular flexibility index (Phi) is 3.93. The van der Waals surface area contributed by atoms with Gasteiger partial charge in [0.15, 0.2) is 17.7 Å². The van der Waals surface area contributed by atoms with Crippen LogP contribution in [-0.2, 0) is 14.8 Å². The zero-order chi connectivity index (χ0) is 16.8. The van der Waals surface area contributed by atoms with Crippen LogP contribution < -0.4 is 10.5 Å². The molecule has 0 aromatic carbocycles. The summed E-state index contributed by atoms with van der Waals surface area (Å²) >= 11 is 0. The fraction of sp³-hybridized carbons (Fsp3) is 0.545. The normalized spacial score (nSPS) is 28.5. The minimum absolute atomic E-state index is 0.169. The maximum Gasteiger partial charge on any atom is 0.208 e. The summed E-state index contributed by atoms with van der Waals surface area (Å²) in [6.45, 7) is -0.169.